The zero-order chi connectivity index (χ0) is 17.0. The molecule has 0 N–H and O–H groups in total. The molecule has 1 saturated heterocycles. The SMILES string of the molecule is COC(=O)[C@H](C)N(C(=O)CCC1CCCC1)[C@H]1CCS(=O)(=O)C1. The molecular formula is C16H27NO5S. The van der Waals surface area contributed by atoms with Gasteiger partial charge >= 0.3 is 5.97 Å². The van der Waals surface area contributed by atoms with Gasteiger partial charge in [0.25, 0.3) is 0 Å². The maximum Gasteiger partial charge on any atom is 0.328 e. The van der Waals surface area contributed by atoms with E-state index < -0.39 is 27.9 Å². The predicted molar refractivity (Wildman–Crippen MR) is 86.6 cm³/mol. The van der Waals surface area contributed by atoms with E-state index in [9.17, 15) is 18.0 Å². The number of hydrogen-bond acceptors (Lipinski definition) is 5. The van der Waals surface area contributed by atoms with Crippen LogP contribution in [0.3, 0.4) is 0 Å². The summed E-state index contributed by atoms with van der Waals surface area (Å²) >= 11 is 0. The Bertz CT molecular complexity index is 539. The van der Waals surface area contributed by atoms with Crippen LogP contribution in [0, 0.1) is 5.92 Å². The van der Waals surface area contributed by atoms with E-state index in [1.165, 1.54) is 24.9 Å². The second-order valence-electron chi connectivity index (χ2n) is 6.75. The standard InChI is InChI=1S/C16H27NO5S/c1-12(16(19)22-2)17(14-9-10-23(20,21)11-14)15(18)8-7-13-5-3-4-6-13/h12-14H,3-11H2,1-2H3/t12-,14-/m0/s1. The number of carbonyl (C=O) groups excluding carboxylic acids is 2. The number of esters is 1. The Balaban J connectivity index is 2.05. The highest BCUT2D eigenvalue weighted by Gasteiger charge is 2.39. The van der Waals surface area contributed by atoms with E-state index in [4.69, 9.17) is 4.74 Å². The highest BCUT2D eigenvalue weighted by molar-refractivity contribution is 7.91. The van der Waals surface area contributed by atoms with Gasteiger partial charge in [0.05, 0.1) is 18.6 Å². The molecule has 0 radical (unpaired) electrons. The minimum atomic E-state index is -3.12. The lowest BCUT2D eigenvalue weighted by atomic mass is 10.0. The van der Waals surface area contributed by atoms with E-state index in [-0.39, 0.29) is 17.4 Å². The van der Waals surface area contributed by atoms with Gasteiger partial charge in [-0.2, -0.15) is 0 Å². The van der Waals surface area contributed by atoms with Crippen LogP contribution in [-0.2, 0) is 24.2 Å². The lowest BCUT2D eigenvalue weighted by Gasteiger charge is -2.32. The Morgan fingerprint density at radius 1 is 1.22 bits per heavy atom. The number of amides is 1. The van der Waals surface area contributed by atoms with Gasteiger partial charge < -0.3 is 9.64 Å². The van der Waals surface area contributed by atoms with Crippen LogP contribution in [0.5, 0.6) is 0 Å². The third kappa shape index (κ3) is 4.68. The summed E-state index contributed by atoms with van der Waals surface area (Å²) in [6, 6.07) is -1.15. The molecule has 0 bridgehead atoms. The summed E-state index contributed by atoms with van der Waals surface area (Å²) < 4.78 is 28.2. The van der Waals surface area contributed by atoms with Crippen molar-refractivity contribution in [2.24, 2.45) is 5.92 Å². The average molecular weight is 345 g/mol. The highest BCUT2D eigenvalue weighted by atomic mass is 32.2. The molecule has 1 aliphatic carbocycles. The monoisotopic (exact) mass is 345 g/mol. The van der Waals surface area contributed by atoms with Crippen molar-refractivity contribution in [2.75, 3.05) is 18.6 Å². The number of carbonyl (C=O) groups is 2. The van der Waals surface area contributed by atoms with Crippen molar-refractivity contribution >= 4 is 21.7 Å². The first-order valence-electron chi connectivity index (χ1n) is 8.43. The molecule has 23 heavy (non-hydrogen) atoms. The minimum Gasteiger partial charge on any atom is -0.467 e. The molecule has 0 aromatic heterocycles. The molecule has 2 atom stereocenters. The van der Waals surface area contributed by atoms with E-state index in [0.29, 0.717) is 18.8 Å². The molecule has 132 valence electrons. The normalized spacial score (nSPS) is 25.2. The van der Waals surface area contributed by atoms with Crippen LogP contribution < -0.4 is 0 Å². The van der Waals surface area contributed by atoms with Gasteiger partial charge in [0.1, 0.15) is 6.04 Å². The first kappa shape index (κ1) is 18.2. The predicted octanol–water partition coefficient (Wildman–Crippen LogP) is 1.53. The van der Waals surface area contributed by atoms with Crippen LogP contribution in [0.4, 0.5) is 0 Å². The van der Waals surface area contributed by atoms with E-state index in [1.54, 1.807) is 6.92 Å². The fourth-order valence-corrected chi connectivity index (χ4v) is 5.48. The summed E-state index contributed by atoms with van der Waals surface area (Å²) in [6.45, 7) is 1.62. The molecule has 0 spiro atoms. The molecule has 7 heteroatoms. The van der Waals surface area contributed by atoms with Gasteiger partial charge in [-0.25, -0.2) is 13.2 Å². The third-order valence-electron chi connectivity index (χ3n) is 5.09. The molecule has 2 aliphatic rings. The van der Waals surface area contributed by atoms with Gasteiger partial charge in [0, 0.05) is 12.5 Å². The van der Waals surface area contributed by atoms with Crippen LogP contribution >= 0.6 is 0 Å². The van der Waals surface area contributed by atoms with Crippen molar-refractivity contribution in [3.05, 3.63) is 0 Å². The van der Waals surface area contributed by atoms with Crippen molar-refractivity contribution in [2.45, 2.75) is 64.0 Å². The summed E-state index contributed by atoms with van der Waals surface area (Å²) in [5.74, 6) is -0.0106. The van der Waals surface area contributed by atoms with Crippen molar-refractivity contribution in [1.82, 2.24) is 4.90 Å². The van der Waals surface area contributed by atoms with Gasteiger partial charge in [-0.05, 0) is 25.7 Å². The second-order valence-corrected chi connectivity index (χ2v) is 8.97. The van der Waals surface area contributed by atoms with Crippen LogP contribution in [0.25, 0.3) is 0 Å². The molecule has 2 rings (SSSR count). The molecule has 1 amide bonds. The maximum absolute atomic E-state index is 12.7. The van der Waals surface area contributed by atoms with E-state index >= 15 is 0 Å². The molecular weight excluding hydrogens is 318 g/mol. The molecule has 0 aromatic carbocycles. The van der Waals surface area contributed by atoms with E-state index in [2.05, 4.69) is 0 Å². The van der Waals surface area contributed by atoms with Gasteiger partial charge in [-0.15, -0.1) is 0 Å². The first-order chi connectivity index (χ1) is 10.8. The topological polar surface area (TPSA) is 80.8 Å². The van der Waals surface area contributed by atoms with Crippen LogP contribution in [0.1, 0.15) is 51.9 Å². The van der Waals surface area contributed by atoms with Crippen molar-refractivity contribution in [3.63, 3.8) is 0 Å². The smallest absolute Gasteiger partial charge is 0.328 e. The first-order valence-corrected chi connectivity index (χ1v) is 10.3. The second kappa shape index (κ2) is 7.64. The van der Waals surface area contributed by atoms with Gasteiger partial charge in [0.15, 0.2) is 9.84 Å². The number of methoxy groups -OCH3 is 1. The number of rotatable bonds is 6. The van der Waals surface area contributed by atoms with Crippen LogP contribution in [-0.4, -0.2) is 55.9 Å². The Morgan fingerprint density at radius 2 is 1.87 bits per heavy atom. The summed E-state index contributed by atoms with van der Waals surface area (Å²) in [4.78, 5) is 26.0. The van der Waals surface area contributed by atoms with Gasteiger partial charge in [-0.1, -0.05) is 25.7 Å². The van der Waals surface area contributed by atoms with E-state index in [1.807, 2.05) is 0 Å². The molecule has 1 aliphatic heterocycles. The Kier molecular flexibility index (Phi) is 6.06. The molecule has 6 nitrogen and oxygen atoms in total. The fraction of sp³-hybridized carbons (Fsp3) is 0.875. The number of hydrogen-bond donors (Lipinski definition) is 0. The van der Waals surface area contributed by atoms with Gasteiger partial charge in [-0.3, -0.25) is 4.79 Å². The summed E-state index contributed by atoms with van der Waals surface area (Å²) in [7, 11) is -1.83. The summed E-state index contributed by atoms with van der Waals surface area (Å²) in [5.41, 5.74) is 0. The molecule has 1 heterocycles. The third-order valence-corrected chi connectivity index (χ3v) is 6.84. The lowest BCUT2D eigenvalue weighted by molar-refractivity contribution is -0.153. The van der Waals surface area contributed by atoms with Crippen LogP contribution in [0.2, 0.25) is 0 Å². The Hall–Kier alpha value is -1.11. The zero-order valence-electron chi connectivity index (χ0n) is 14.0. The Morgan fingerprint density at radius 3 is 2.39 bits per heavy atom. The molecule has 0 aromatic rings. The summed E-state index contributed by atoms with van der Waals surface area (Å²) in [5, 5.41) is 0. The zero-order valence-corrected chi connectivity index (χ0v) is 14.8. The molecule has 2 fully saturated rings. The van der Waals surface area contributed by atoms with Crippen molar-refractivity contribution in [1.29, 1.82) is 0 Å². The molecule has 0 unspecified atom stereocenters. The minimum absolute atomic E-state index is 0.0521. The lowest BCUT2D eigenvalue weighted by Crippen LogP contribution is -2.50. The number of sulfone groups is 1. The fourth-order valence-electron chi connectivity index (χ4n) is 3.77. The van der Waals surface area contributed by atoms with Gasteiger partial charge in [0.2, 0.25) is 5.91 Å². The van der Waals surface area contributed by atoms with Crippen molar-refractivity contribution in [3.8, 4) is 0 Å². The van der Waals surface area contributed by atoms with Crippen LogP contribution in [0.15, 0.2) is 0 Å². The number of nitrogens with zero attached hydrogens (tertiary/aromatic N) is 1. The average Bonchev–Trinajstić information content (AvgIpc) is 3.14. The Labute approximate surface area is 138 Å². The number of ether oxygens (including phenoxy) is 1. The quantitative estimate of drug-likeness (QED) is 0.682. The molecule has 1 saturated carbocycles. The largest absolute Gasteiger partial charge is 0.467 e. The highest BCUT2D eigenvalue weighted by Crippen LogP contribution is 2.29. The van der Waals surface area contributed by atoms with Crippen molar-refractivity contribution < 1.29 is 22.7 Å². The summed E-state index contributed by atoms with van der Waals surface area (Å²) in [6.07, 6.45) is 6.38. The maximum atomic E-state index is 12.7. The van der Waals surface area contributed by atoms with E-state index in [0.717, 1.165) is 19.3 Å².